The van der Waals surface area contributed by atoms with Crippen molar-refractivity contribution in [2.24, 2.45) is 0 Å². The van der Waals surface area contributed by atoms with Crippen LogP contribution in [0.3, 0.4) is 0 Å². The third kappa shape index (κ3) is 1.31. The van der Waals surface area contributed by atoms with E-state index in [9.17, 15) is 14.5 Å². The second kappa shape index (κ2) is 3.29. The first-order chi connectivity index (χ1) is 6.61. The molecule has 1 heterocycles. The molecule has 0 aliphatic rings. The first kappa shape index (κ1) is 9.54. The smallest absolute Gasteiger partial charge is 0.258 e. The number of rotatable bonds is 1. The Kier molecular flexibility index (Phi) is 2.24. The van der Waals surface area contributed by atoms with Crippen LogP contribution in [-0.4, -0.2) is 4.92 Å². The zero-order chi connectivity index (χ0) is 10.3. The summed E-state index contributed by atoms with van der Waals surface area (Å²) in [5.74, 6) is 0. The lowest BCUT2D eigenvalue weighted by Gasteiger charge is -1.92. The maximum absolute atomic E-state index is 13.1. The second-order valence-electron chi connectivity index (χ2n) is 2.60. The van der Waals surface area contributed by atoms with Crippen molar-refractivity contribution in [3.8, 4) is 0 Å². The van der Waals surface area contributed by atoms with Gasteiger partial charge in [0.1, 0.15) is 4.70 Å². The topological polar surface area (TPSA) is 43.1 Å². The molecule has 2 rings (SSSR count). The van der Waals surface area contributed by atoms with Crippen molar-refractivity contribution >= 4 is 43.0 Å². The van der Waals surface area contributed by atoms with Gasteiger partial charge in [-0.15, -0.1) is 0 Å². The normalized spacial score (nSPS) is 10.7. The lowest BCUT2D eigenvalue weighted by Crippen LogP contribution is -1.86. The van der Waals surface area contributed by atoms with Crippen LogP contribution < -0.4 is 0 Å². The second-order valence-corrected chi connectivity index (χ2v) is 4.36. The van der Waals surface area contributed by atoms with Gasteiger partial charge in [0.05, 0.1) is 9.40 Å². The van der Waals surface area contributed by atoms with Gasteiger partial charge in [-0.25, -0.2) is 0 Å². The van der Waals surface area contributed by atoms with E-state index in [2.05, 4.69) is 15.9 Å². The number of halogens is 2. The van der Waals surface area contributed by atoms with Crippen LogP contribution in [0.15, 0.2) is 22.7 Å². The molecular formula is C8H3BrFNO2S. The Morgan fingerprint density at radius 2 is 2.21 bits per heavy atom. The number of nitrogens with zero attached hydrogens (tertiary/aromatic N) is 1. The summed E-state index contributed by atoms with van der Waals surface area (Å²) in [6, 6.07) is 4.55. The summed E-state index contributed by atoms with van der Waals surface area (Å²) in [6.45, 7) is 0. The van der Waals surface area contributed by atoms with E-state index in [0.29, 0.717) is 14.6 Å². The Morgan fingerprint density at radius 3 is 2.86 bits per heavy atom. The summed E-state index contributed by atoms with van der Waals surface area (Å²) < 4.78 is 13.8. The van der Waals surface area contributed by atoms with Gasteiger partial charge in [-0.3, -0.25) is 10.1 Å². The van der Waals surface area contributed by atoms with Gasteiger partial charge in [-0.05, 0) is 15.9 Å². The van der Waals surface area contributed by atoms with Gasteiger partial charge >= 0.3 is 0 Å². The molecule has 0 N–H and O–H groups in total. The van der Waals surface area contributed by atoms with Crippen molar-refractivity contribution in [3.63, 3.8) is 0 Å². The Bertz CT molecular complexity index is 525. The molecule has 0 saturated carbocycles. The van der Waals surface area contributed by atoms with E-state index in [1.54, 1.807) is 6.07 Å². The molecule has 1 aromatic carbocycles. The summed E-state index contributed by atoms with van der Waals surface area (Å²) in [5, 5.41) is 10.7. The van der Waals surface area contributed by atoms with E-state index in [0.717, 1.165) is 11.3 Å². The molecule has 0 amide bonds. The van der Waals surface area contributed by atoms with Gasteiger partial charge in [0, 0.05) is 11.5 Å². The molecule has 0 aliphatic heterocycles. The molecule has 0 fully saturated rings. The first-order valence-corrected chi connectivity index (χ1v) is 5.23. The average Bonchev–Trinajstić information content (AvgIpc) is 2.43. The highest BCUT2D eigenvalue weighted by Crippen LogP contribution is 2.38. The SMILES string of the molecule is O=[N+]([O-])c1cccc2c(Br)c(F)sc12. The van der Waals surface area contributed by atoms with Crippen molar-refractivity contribution < 1.29 is 9.31 Å². The Hall–Kier alpha value is -1.01. The van der Waals surface area contributed by atoms with Gasteiger partial charge in [0.2, 0.25) is 0 Å². The largest absolute Gasteiger partial charge is 0.287 e. The van der Waals surface area contributed by atoms with Crippen LogP contribution >= 0.6 is 27.3 Å². The molecule has 0 aliphatic carbocycles. The zero-order valence-electron chi connectivity index (χ0n) is 6.66. The van der Waals surface area contributed by atoms with Gasteiger partial charge in [0.25, 0.3) is 5.69 Å². The molecule has 2 aromatic rings. The van der Waals surface area contributed by atoms with E-state index < -0.39 is 10.1 Å². The minimum Gasteiger partial charge on any atom is -0.258 e. The van der Waals surface area contributed by atoms with Crippen molar-refractivity contribution in [1.29, 1.82) is 0 Å². The first-order valence-electron chi connectivity index (χ1n) is 3.62. The lowest BCUT2D eigenvalue weighted by atomic mass is 10.2. The maximum Gasteiger partial charge on any atom is 0.287 e. The predicted octanol–water partition coefficient (Wildman–Crippen LogP) is 3.71. The van der Waals surface area contributed by atoms with Gasteiger partial charge in [0.15, 0.2) is 5.13 Å². The maximum atomic E-state index is 13.1. The fourth-order valence-corrected chi connectivity index (χ4v) is 2.80. The molecule has 1 aromatic heterocycles. The quantitative estimate of drug-likeness (QED) is 0.588. The minimum atomic E-state index is -0.509. The van der Waals surface area contributed by atoms with Crippen molar-refractivity contribution in [2.75, 3.05) is 0 Å². The van der Waals surface area contributed by atoms with E-state index in [-0.39, 0.29) is 5.69 Å². The highest BCUT2D eigenvalue weighted by Gasteiger charge is 2.18. The number of fused-ring (bicyclic) bond motifs is 1. The minimum absolute atomic E-state index is 0.0582. The summed E-state index contributed by atoms with van der Waals surface area (Å²) in [4.78, 5) is 10.1. The van der Waals surface area contributed by atoms with Gasteiger partial charge < -0.3 is 0 Å². The summed E-state index contributed by atoms with van der Waals surface area (Å²) >= 11 is 3.83. The van der Waals surface area contributed by atoms with E-state index >= 15 is 0 Å². The fraction of sp³-hybridized carbons (Fsp3) is 0. The van der Waals surface area contributed by atoms with E-state index in [1.807, 2.05) is 0 Å². The molecule has 0 saturated heterocycles. The molecule has 0 unspecified atom stereocenters. The number of hydrogen-bond acceptors (Lipinski definition) is 3. The molecule has 3 nitrogen and oxygen atoms in total. The summed E-state index contributed by atoms with van der Waals surface area (Å²) in [7, 11) is 0. The predicted molar refractivity (Wildman–Crippen MR) is 56.1 cm³/mol. The monoisotopic (exact) mass is 275 g/mol. The molecule has 0 bridgehead atoms. The number of thiophene rings is 1. The van der Waals surface area contributed by atoms with Crippen molar-refractivity contribution in [2.45, 2.75) is 0 Å². The van der Waals surface area contributed by atoms with Crippen LogP contribution in [0.4, 0.5) is 10.1 Å². The van der Waals surface area contributed by atoms with Crippen molar-refractivity contribution in [1.82, 2.24) is 0 Å². The molecule has 0 atom stereocenters. The number of hydrogen-bond donors (Lipinski definition) is 0. The van der Waals surface area contributed by atoms with E-state index in [4.69, 9.17) is 0 Å². The third-order valence-electron chi connectivity index (χ3n) is 1.79. The Morgan fingerprint density at radius 1 is 1.50 bits per heavy atom. The number of benzene rings is 1. The molecule has 0 spiro atoms. The number of nitro benzene ring substituents is 1. The standard InChI is InChI=1S/C8H3BrFNO2S/c9-6-4-2-1-3-5(11(12)13)7(4)14-8(6)10/h1-3H. The van der Waals surface area contributed by atoms with Crippen LogP contribution in [0.2, 0.25) is 0 Å². The van der Waals surface area contributed by atoms with Crippen LogP contribution in [0, 0.1) is 15.2 Å². The summed E-state index contributed by atoms with van der Waals surface area (Å²) in [6.07, 6.45) is 0. The molecule has 0 radical (unpaired) electrons. The molecule has 14 heavy (non-hydrogen) atoms. The molecule has 6 heteroatoms. The molecule has 72 valence electrons. The highest BCUT2D eigenvalue weighted by atomic mass is 79.9. The molecular weight excluding hydrogens is 273 g/mol. The van der Waals surface area contributed by atoms with Gasteiger partial charge in [-0.1, -0.05) is 23.5 Å². The number of non-ortho nitro benzene ring substituents is 1. The van der Waals surface area contributed by atoms with Gasteiger partial charge in [-0.2, -0.15) is 4.39 Å². The number of nitro groups is 1. The van der Waals surface area contributed by atoms with Crippen LogP contribution in [0.5, 0.6) is 0 Å². The van der Waals surface area contributed by atoms with Crippen LogP contribution in [-0.2, 0) is 0 Å². The summed E-state index contributed by atoms with van der Waals surface area (Å²) in [5.41, 5.74) is -0.0582. The third-order valence-corrected chi connectivity index (χ3v) is 3.85. The fourth-order valence-electron chi connectivity index (χ4n) is 1.19. The van der Waals surface area contributed by atoms with Crippen LogP contribution in [0.1, 0.15) is 0 Å². The average molecular weight is 276 g/mol. The van der Waals surface area contributed by atoms with Crippen LogP contribution in [0.25, 0.3) is 10.1 Å². The highest BCUT2D eigenvalue weighted by molar-refractivity contribution is 9.10. The van der Waals surface area contributed by atoms with Crippen molar-refractivity contribution in [3.05, 3.63) is 37.9 Å². The zero-order valence-corrected chi connectivity index (χ0v) is 9.06. The van der Waals surface area contributed by atoms with E-state index in [1.165, 1.54) is 12.1 Å². The Balaban J connectivity index is 2.88. The Labute approximate surface area is 90.4 Å². The lowest BCUT2D eigenvalue weighted by molar-refractivity contribution is -0.382.